The molecule has 3 heterocycles. The van der Waals surface area contributed by atoms with E-state index in [-0.39, 0.29) is 5.91 Å². The Kier molecular flexibility index (Phi) is 3.62. The van der Waals surface area contributed by atoms with Crippen molar-refractivity contribution in [3.8, 4) is 10.4 Å². The van der Waals surface area contributed by atoms with Crippen molar-refractivity contribution in [3.05, 3.63) is 64.7 Å². The number of anilines is 1. The Morgan fingerprint density at radius 1 is 1.15 bits per heavy atom. The lowest BCUT2D eigenvalue weighted by molar-refractivity contribution is 0.102. The van der Waals surface area contributed by atoms with Crippen molar-refractivity contribution in [3.63, 3.8) is 0 Å². The summed E-state index contributed by atoms with van der Waals surface area (Å²) in [5, 5.41) is 12.1. The third-order valence-electron chi connectivity index (χ3n) is 4.30. The van der Waals surface area contributed by atoms with E-state index in [1.807, 2.05) is 30.5 Å². The molecule has 0 fully saturated rings. The predicted octanol–water partition coefficient (Wildman–Crippen LogP) is 4.60. The highest BCUT2D eigenvalue weighted by Gasteiger charge is 2.19. The van der Waals surface area contributed by atoms with Gasteiger partial charge in [-0.2, -0.15) is 0 Å². The topological polar surface area (TPSA) is 67.2 Å². The zero-order valence-electron chi connectivity index (χ0n) is 13.5. The fraction of sp³-hybridized carbons (Fsp3) is 0.0526. The third kappa shape index (κ3) is 2.61. The number of benzene rings is 2. The Hall–Kier alpha value is -2.90. The number of aromatic nitrogens is 2. The summed E-state index contributed by atoms with van der Waals surface area (Å²) >= 11 is 3.03. The summed E-state index contributed by atoms with van der Waals surface area (Å²) in [7, 11) is 0. The van der Waals surface area contributed by atoms with E-state index in [1.54, 1.807) is 16.8 Å². The third-order valence-corrected chi connectivity index (χ3v) is 6.05. The molecule has 0 atom stereocenters. The molecular weight excluding hydrogens is 364 g/mol. The van der Waals surface area contributed by atoms with E-state index in [0.717, 1.165) is 16.0 Å². The van der Waals surface area contributed by atoms with E-state index in [0.29, 0.717) is 17.2 Å². The van der Waals surface area contributed by atoms with Gasteiger partial charge in [0.2, 0.25) is 5.13 Å². The molecule has 0 bridgehead atoms. The van der Waals surface area contributed by atoms with Crippen molar-refractivity contribution in [2.75, 3.05) is 5.32 Å². The molecule has 0 unspecified atom stereocenters. The summed E-state index contributed by atoms with van der Waals surface area (Å²) in [4.78, 5) is 18.2. The van der Waals surface area contributed by atoms with Gasteiger partial charge in [0.1, 0.15) is 5.51 Å². The molecule has 1 amide bonds. The molecule has 0 radical (unpaired) electrons. The van der Waals surface area contributed by atoms with Gasteiger partial charge in [-0.1, -0.05) is 29.5 Å². The first kappa shape index (κ1) is 15.4. The van der Waals surface area contributed by atoms with Gasteiger partial charge in [-0.3, -0.25) is 15.1 Å². The second kappa shape index (κ2) is 6.12. The molecule has 5 rings (SSSR count). The minimum atomic E-state index is -0.188. The molecule has 5 nitrogen and oxygen atoms in total. The highest BCUT2D eigenvalue weighted by molar-refractivity contribution is 7.22. The number of nitrogens with one attached hydrogen (secondary N) is 1. The monoisotopic (exact) mass is 376 g/mol. The fourth-order valence-electron chi connectivity index (χ4n) is 3.08. The van der Waals surface area contributed by atoms with Crippen LogP contribution in [0.2, 0.25) is 0 Å². The molecule has 126 valence electrons. The second-order valence-corrected chi connectivity index (χ2v) is 7.82. The lowest BCUT2D eigenvalue weighted by Gasteiger charge is -2.09. The average Bonchev–Trinajstić information content (AvgIpc) is 3.40. The molecular formula is C19H12N4OS2. The van der Waals surface area contributed by atoms with Gasteiger partial charge in [0.15, 0.2) is 0 Å². The molecule has 0 saturated carbocycles. The molecule has 2 aromatic carbocycles. The van der Waals surface area contributed by atoms with Crippen LogP contribution in [0.5, 0.6) is 0 Å². The van der Waals surface area contributed by atoms with Crippen LogP contribution < -0.4 is 5.32 Å². The number of rotatable bonds is 3. The standard InChI is InChI=1S/C19H12N4OS2/c24-18(22-19-23-21-10-25-19)12-5-13-8-20-9-15(13)14(6-12)17-7-11-3-1-2-4-16(11)26-17/h1-8,10H,9H2,(H,22,23,24). The first-order valence-corrected chi connectivity index (χ1v) is 9.71. The summed E-state index contributed by atoms with van der Waals surface area (Å²) in [6, 6.07) is 14.3. The summed E-state index contributed by atoms with van der Waals surface area (Å²) in [6.45, 7) is 0.650. The van der Waals surface area contributed by atoms with Crippen molar-refractivity contribution in [1.29, 1.82) is 0 Å². The summed E-state index contributed by atoms with van der Waals surface area (Å²) in [5.41, 5.74) is 5.43. The molecule has 1 aliphatic heterocycles. The Morgan fingerprint density at radius 2 is 2.08 bits per heavy atom. The van der Waals surface area contributed by atoms with Crippen LogP contribution in [-0.2, 0) is 6.54 Å². The smallest absolute Gasteiger partial charge is 0.257 e. The Morgan fingerprint density at radius 3 is 2.92 bits per heavy atom. The van der Waals surface area contributed by atoms with E-state index in [1.165, 1.54) is 27.0 Å². The molecule has 0 saturated heterocycles. The summed E-state index contributed by atoms with van der Waals surface area (Å²) < 4.78 is 1.24. The fourth-order valence-corrected chi connectivity index (χ4v) is 4.63. The van der Waals surface area contributed by atoms with Gasteiger partial charge in [-0.05, 0) is 46.3 Å². The first-order chi connectivity index (χ1) is 12.8. The number of amides is 1. The van der Waals surface area contributed by atoms with Gasteiger partial charge >= 0.3 is 0 Å². The van der Waals surface area contributed by atoms with Crippen LogP contribution in [0.3, 0.4) is 0 Å². The van der Waals surface area contributed by atoms with E-state index < -0.39 is 0 Å². The number of carbonyl (C=O) groups excluding carboxylic acids is 1. The number of aliphatic imine (C=N–C) groups is 1. The summed E-state index contributed by atoms with van der Waals surface area (Å²) in [6.07, 6.45) is 1.84. The minimum Gasteiger partial charge on any atom is -0.296 e. The maximum atomic E-state index is 12.7. The molecule has 26 heavy (non-hydrogen) atoms. The molecule has 1 N–H and O–H groups in total. The van der Waals surface area contributed by atoms with Crippen molar-refractivity contribution in [2.45, 2.75) is 6.54 Å². The van der Waals surface area contributed by atoms with Crippen molar-refractivity contribution in [2.24, 2.45) is 4.99 Å². The summed E-state index contributed by atoms with van der Waals surface area (Å²) in [5.74, 6) is -0.188. The van der Waals surface area contributed by atoms with E-state index in [9.17, 15) is 4.79 Å². The van der Waals surface area contributed by atoms with E-state index >= 15 is 0 Å². The Labute approximate surface area is 157 Å². The van der Waals surface area contributed by atoms with E-state index in [4.69, 9.17) is 0 Å². The average molecular weight is 376 g/mol. The lowest BCUT2D eigenvalue weighted by Crippen LogP contribution is -2.12. The lowest BCUT2D eigenvalue weighted by atomic mass is 9.97. The van der Waals surface area contributed by atoms with Gasteiger partial charge in [0.05, 0.1) is 6.54 Å². The Bertz CT molecular complexity index is 1130. The van der Waals surface area contributed by atoms with Gasteiger partial charge in [-0.25, -0.2) is 0 Å². The number of hydrogen-bond acceptors (Lipinski definition) is 6. The maximum Gasteiger partial charge on any atom is 0.257 e. The van der Waals surface area contributed by atoms with Crippen LogP contribution in [0.25, 0.3) is 20.5 Å². The SMILES string of the molecule is O=C(Nc1nncs1)c1cc2c(c(-c3cc4ccccc4s3)c1)CN=C2. The van der Waals surface area contributed by atoms with Gasteiger partial charge in [0.25, 0.3) is 5.91 Å². The molecule has 7 heteroatoms. The molecule has 0 spiro atoms. The van der Waals surface area contributed by atoms with Crippen LogP contribution in [0.1, 0.15) is 21.5 Å². The molecule has 2 aromatic heterocycles. The predicted molar refractivity (Wildman–Crippen MR) is 106 cm³/mol. The van der Waals surface area contributed by atoms with Gasteiger partial charge < -0.3 is 0 Å². The number of hydrogen-bond donors (Lipinski definition) is 1. The molecule has 1 aliphatic rings. The highest BCUT2D eigenvalue weighted by atomic mass is 32.1. The number of nitrogens with zero attached hydrogens (tertiary/aromatic N) is 3. The van der Waals surface area contributed by atoms with Crippen LogP contribution in [0.15, 0.2) is 53.0 Å². The van der Waals surface area contributed by atoms with Crippen LogP contribution in [0.4, 0.5) is 5.13 Å². The zero-order chi connectivity index (χ0) is 17.5. The van der Waals surface area contributed by atoms with Gasteiger partial charge in [-0.15, -0.1) is 21.5 Å². The first-order valence-electron chi connectivity index (χ1n) is 8.01. The van der Waals surface area contributed by atoms with Crippen LogP contribution in [0, 0.1) is 0 Å². The van der Waals surface area contributed by atoms with E-state index in [2.05, 4.69) is 38.7 Å². The second-order valence-electron chi connectivity index (χ2n) is 5.91. The highest BCUT2D eigenvalue weighted by Crippen LogP contribution is 2.38. The largest absolute Gasteiger partial charge is 0.296 e. The minimum absolute atomic E-state index is 0.188. The van der Waals surface area contributed by atoms with Gasteiger partial charge in [0, 0.05) is 21.4 Å². The maximum absolute atomic E-state index is 12.7. The number of fused-ring (bicyclic) bond motifs is 2. The molecule has 4 aromatic rings. The van der Waals surface area contributed by atoms with Crippen molar-refractivity contribution in [1.82, 2.24) is 10.2 Å². The van der Waals surface area contributed by atoms with Crippen molar-refractivity contribution < 1.29 is 4.79 Å². The molecule has 0 aliphatic carbocycles. The zero-order valence-corrected chi connectivity index (χ0v) is 15.1. The Balaban J connectivity index is 1.61. The van der Waals surface area contributed by atoms with Crippen LogP contribution >= 0.6 is 22.7 Å². The normalized spacial score (nSPS) is 12.5. The van der Waals surface area contributed by atoms with Crippen LogP contribution in [-0.4, -0.2) is 22.3 Å². The van der Waals surface area contributed by atoms with Crippen molar-refractivity contribution >= 4 is 50.0 Å². The quantitative estimate of drug-likeness (QED) is 0.568. The number of carbonyl (C=O) groups is 1. The number of thiophene rings is 1.